The summed E-state index contributed by atoms with van der Waals surface area (Å²) in [6.45, 7) is 0. The molecule has 3 rings (SSSR count). The summed E-state index contributed by atoms with van der Waals surface area (Å²) in [4.78, 5) is 4.30. The van der Waals surface area contributed by atoms with Gasteiger partial charge in [0.15, 0.2) is 5.13 Å². The highest BCUT2D eigenvalue weighted by molar-refractivity contribution is 7.92. The van der Waals surface area contributed by atoms with Gasteiger partial charge >= 0.3 is 6.18 Å². The van der Waals surface area contributed by atoms with Crippen molar-refractivity contribution in [3.05, 3.63) is 59.5 Å². The first-order valence-corrected chi connectivity index (χ1v) is 10.4. The van der Waals surface area contributed by atoms with Crippen LogP contribution in [0.15, 0.2) is 53.9 Å². The molecule has 2 N–H and O–H groups in total. The average molecular weight is 413 g/mol. The van der Waals surface area contributed by atoms with Crippen molar-refractivity contribution in [2.45, 2.75) is 6.18 Å². The Morgan fingerprint density at radius 3 is 2.33 bits per heavy atom. The van der Waals surface area contributed by atoms with Gasteiger partial charge in [0.05, 0.1) is 23.2 Å². The Hall–Kier alpha value is -2.59. The molecule has 0 saturated heterocycles. The van der Waals surface area contributed by atoms with E-state index in [0.717, 1.165) is 12.3 Å². The van der Waals surface area contributed by atoms with Gasteiger partial charge in [0, 0.05) is 16.6 Å². The van der Waals surface area contributed by atoms with Gasteiger partial charge in [0.2, 0.25) is 10.0 Å². The molecule has 1 heterocycles. The maximum Gasteiger partial charge on any atom is 0.418 e. The van der Waals surface area contributed by atoms with Gasteiger partial charge in [0.1, 0.15) is 0 Å². The van der Waals surface area contributed by atoms with Gasteiger partial charge in [-0.1, -0.05) is 24.3 Å². The summed E-state index contributed by atoms with van der Waals surface area (Å²) in [5.74, 6) is 0. The van der Waals surface area contributed by atoms with E-state index in [9.17, 15) is 21.6 Å². The van der Waals surface area contributed by atoms with Crippen molar-refractivity contribution in [2.75, 3.05) is 16.3 Å². The number of nitrogens with one attached hydrogen (secondary N) is 2. The van der Waals surface area contributed by atoms with Gasteiger partial charge in [-0.2, -0.15) is 13.2 Å². The summed E-state index contributed by atoms with van der Waals surface area (Å²) in [6.07, 6.45) is -3.41. The van der Waals surface area contributed by atoms with E-state index in [1.165, 1.54) is 29.5 Å². The lowest BCUT2D eigenvalue weighted by Crippen LogP contribution is -2.09. The van der Waals surface area contributed by atoms with E-state index < -0.39 is 21.8 Å². The van der Waals surface area contributed by atoms with E-state index in [-0.39, 0.29) is 5.69 Å². The van der Waals surface area contributed by atoms with E-state index in [4.69, 9.17) is 0 Å². The van der Waals surface area contributed by atoms with Crippen molar-refractivity contribution >= 4 is 37.9 Å². The predicted octanol–water partition coefficient (Wildman–Crippen LogP) is 4.94. The number of nitrogens with zero attached hydrogens (tertiary/aromatic N) is 1. The number of hydrogen-bond donors (Lipinski definition) is 2. The van der Waals surface area contributed by atoms with Crippen LogP contribution in [-0.2, 0) is 16.2 Å². The number of thiazole rings is 1. The van der Waals surface area contributed by atoms with Crippen LogP contribution in [0.2, 0.25) is 0 Å². The number of anilines is 3. The lowest BCUT2D eigenvalue weighted by Gasteiger charge is -2.12. The third-order valence-electron chi connectivity index (χ3n) is 3.46. The molecule has 0 bridgehead atoms. The number of aromatic nitrogens is 1. The van der Waals surface area contributed by atoms with Crippen LogP contribution in [-0.4, -0.2) is 19.7 Å². The van der Waals surface area contributed by atoms with Crippen LogP contribution in [0.4, 0.5) is 29.7 Å². The Kier molecular flexibility index (Phi) is 5.11. The molecule has 142 valence electrons. The van der Waals surface area contributed by atoms with Gasteiger partial charge in [-0.05, 0) is 24.3 Å². The molecule has 0 radical (unpaired) electrons. The Bertz CT molecular complexity index is 1050. The number of rotatable bonds is 5. The normalized spacial score (nSPS) is 12.0. The van der Waals surface area contributed by atoms with E-state index >= 15 is 0 Å². The van der Waals surface area contributed by atoms with Crippen molar-refractivity contribution in [1.82, 2.24) is 4.98 Å². The molecule has 3 aromatic rings. The number of para-hydroxylation sites is 1. The molecule has 10 heteroatoms. The monoisotopic (exact) mass is 413 g/mol. The molecule has 0 aliphatic rings. The minimum Gasteiger partial charge on any atom is -0.331 e. The minimum absolute atomic E-state index is 0.0707. The fourth-order valence-corrected chi connectivity index (χ4v) is 3.64. The van der Waals surface area contributed by atoms with Crippen molar-refractivity contribution in [2.24, 2.45) is 0 Å². The van der Waals surface area contributed by atoms with Crippen LogP contribution in [0.5, 0.6) is 0 Å². The van der Waals surface area contributed by atoms with Crippen LogP contribution in [0.25, 0.3) is 11.3 Å². The first kappa shape index (κ1) is 19.2. The maximum absolute atomic E-state index is 13.1. The molecule has 0 atom stereocenters. The molecule has 1 aromatic heterocycles. The largest absolute Gasteiger partial charge is 0.418 e. The van der Waals surface area contributed by atoms with Crippen LogP contribution >= 0.6 is 11.3 Å². The number of benzene rings is 2. The highest BCUT2D eigenvalue weighted by Crippen LogP contribution is 2.37. The van der Waals surface area contributed by atoms with Crippen LogP contribution in [0.1, 0.15) is 5.56 Å². The summed E-state index contributed by atoms with van der Waals surface area (Å²) in [5, 5.41) is 4.73. The highest BCUT2D eigenvalue weighted by atomic mass is 32.2. The SMILES string of the molecule is CS(=O)(=O)Nc1ccc(-c2csc(Nc3ccccc3C(F)(F)F)n2)cc1. The zero-order chi connectivity index (χ0) is 19.7. The first-order valence-electron chi connectivity index (χ1n) is 7.59. The standard InChI is InChI=1S/C17H14F3N3O2S2/c1-27(24,25)23-12-8-6-11(7-9-12)15-10-26-16(22-15)21-14-5-3-2-4-13(14)17(18,19)20/h2-10,23H,1H3,(H,21,22). The van der Waals surface area contributed by atoms with Crippen LogP contribution in [0.3, 0.4) is 0 Å². The first-order chi connectivity index (χ1) is 12.6. The van der Waals surface area contributed by atoms with E-state index in [1.54, 1.807) is 29.6 Å². The van der Waals surface area contributed by atoms with Gasteiger partial charge in [-0.15, -0.1) is 11.3 Å². The molecule has 0 amide bonds. The van der Waals surface area contributed by atoms with Crippen molar-refractivity contribution in [3.8, 4) is 11.3 Å². The molecule has 27 heavy (non-hydrogen) atoms. The second-order valence-corrected chi connectivity index (χ2v) is 8.26. The predicted molar refractivity (Wildman–Crippen MR) is 101 cm³/mol. The average Bonchev–Trinajstić information content (AvgIpc) is 3.02. The fraction of sp³-hybridized carbons (Fsp3) is 0.118. The Labute approximate surface area is 157 Å². The van der Waals surface area contributed by atoms with Crippen LogP contribution in [0, 0.1) is 0 Å². The minimum atomic E-state index is -4.47. The summed E-state index contributed by atoms with van der Waals surface area (Å²) in [6, 6.07) is 11.7. The Morgan fingerprint density at radius 2 is 1.70 bits per heavy atom. The molecule has 2 aromatic carbocycles. The summed E-state index contributed by atoms with van der Waals surface area (Å²) < 4.78 is 64.0. The number of halogens is 3. The molecule has 0 aliphatic carbocycles. The zero-order valence-corrected chi connectivity index (χ0v) is 15.5. The third kappa shape index (κ3) is 4.98. The molecule has 0 aliphatic heterocycles. The quantitative estimate of drug-likeness (QED) is 0.621. The van der Waals surface area contributed by atoms with Gasteiger partial charge in [-0.25, -0.2) is 13.4 Å². The highest BCUT2D eigenvalue weighted by Gasteiger charge is 2.33. The third-order valence-corrected chi connectivity index (χ3v) is 4.83. The second-order valence-electron chi connectivity index (χ2n) is 5.66. The van der Waals surface area contributed by atoms with E-state index in [0.29, 0.717) is 22.1 Å². The smallest absolute Gasteiger partial charge is 0.331 e. The number of hydrogen-bond acceptors (Lipinski definition) is 5. The van der Waals surface area contributed by atoms with Gasteiger partial charge < -0.3 is 5.32 Å². The molecule has 0 saturated carbocycles. The van der Waals surface area contributed by atoms with E-state index in [1.807, 2.05) is 0 Å². The number of sulfonamides is 1. The van der Waals surface area contributed by atoms with Gasteiger partial charge in [0.25, 0.3) is 0 Å². The number of alkyl halides is 3. The lowest BCUT2D eigenvalue weighted by molar-refractivity contribution is -0.136. The summed E-state index contributed by atoms with van der Waals surface area (Å²) >= 11 is 1.17. The Morgan fingerprint density at radius 1 is 1.04 bits per heavy atom. The second kappa shape index (κ2) is 7.20. The molecule has 5 nitrogen and oxygen atoms in total. The van der Waals surface area contributed by atoms with Gasteiger partial charge in [-0.3, -0.25) is 4.72 Å². The fourth-order valence-electron chi connectivity index (χ4n) is 2.34. The summed E-state index contributed by atoms with van der Waals surface area (Å²) in [7, 11) is -3.37. The summed E-state index contributed by atoms with van der Waals surface area (Å²) in [5.41, 5.74) is 0.853. The molecular formula is C17H14F3N3O2S2. The molecular weight excluding hydrogens is 399 g/mol. The van der Waals surface area contributed by atoms with Crippen molar-refractivity contribution < 1.29 is 21.6 Å². The molecule has 0 fully saturated rings. The zero-order valence-electron chi connectivity index (χ0n) is 13.9. The lowest BCUT2D eigenvalue weighted by atomic mass is 10.1. The maximum atomic E-state index is 13.1. The topological polar surface area (TPSA) is 71.1 Å². The van der Waals surface area contributed by atoms with E-state index in [2.05, 4.69) is 15.0 Å². The van der Waals surface area contributed by atoms with Crippen molar-refractivity contribution in [1.29, 1.82) is 0 Å². The van der Waals surface area contributed by atoms with Crippen LogP contribution < -0.4 is 10.0 Å². The van der Waals surface area contributed by atoms with Crippen molar-refractivity contribution in [3.63, 3.8) is 0 Å². The molecule has 0 spiro atoms. The molecule has 0 unspecified atom stereocenters. The Balaban J connectivity index is 1.80.